The van der Waals surface area contributed by atoms with Crippen LogP contribution in [0.2, 0.25) is 0 Å². The van der Waals surface area contributed by atoms with Gasteiger partial charge < -0.3 is 10.6 Å². The maximum absolute atomic E-state index is 12.7. The molecule has 0 aromatic heterocycles. The molecule has 0 radical (unpaired) electrons. The van der Waals surface area contributed by atoms with Crippen LogP contribution in [0.3, 0.4) is 0 Å². The Balaban J connectivity index is 1.65. The average Bonchev–Trinajstić information content (AvgIpc) is 2.61. The fourth-order valence-corrected chi connectivity index (χ4v) is 3.41. The quantitative estimate of drug-likeness (QED) is 0.886. The highest BCUT2D eigenvalue weighted by molar-refractivity contribution is 5.95. The smallest absolute Gasteiger partial charge is 0.251 e. The first-order valence-corrected chi connectivity index (χ1v) is 8.88. The molecule has 3 nitrogen and oxygen atoms in total. The summed E-state index contributed by atoms with van der Waals surface area (Å²) in [5.74, 6) is 0.0674. The second-order valence-corrected chi connectivity index (χ2v) is 6.69. The molecule has 1 fully saturated rings. The van der Waals surface area contributed by atoms with E-state index in [1.807, 2.05) is 24.3 Å². The van der Waals surface area contributed by atoms with Crippen LogP contribution >= 0.6 is 0 Å². The second kappa shape index (κ2) is 8.11. The lowest BCUT2D eigenvalue weighted by molar-refractivity contribution is 0.0924. The molecule has 24 heavy (non-hydrogen) atoms. The molecule has 2 N–H and O–H groups in total. The van der Waals surface area contributed by atoms with Crippen LogP contribution in [0.15, 0.2) is 54.6 Å². The highest BCUT2D eigenvalue weighted by Gasteiger charge is 2.21. The number of carbonyl (C=O) groups is 1. The molecule has 0 spiro atoms. The highest BCUT2D eigenvalue weighted by Crippen LogP contribution is 2.15. The lowest BCUT2D eigenvalue weighted by atomic mass is 9.97. The summed E-state index contributed by atoms with van der Waals surface area (Å²) in [7, 11) is 0. The average molecular weight is 322 g/mol. The van der Waals surface area contributed by atoms with E-state index in [0.29, 0.717) is 6.04 Å². The zero-order chi connectivity index (χ0) is 16.8. The van der Waals surface area contributed by atoms with E-state index in [9.17, 15) is 4.79 Å². The SMILES string of the molecule is CC1CC(NC(=O)c2ccccc2CCc2ccccc2)CCN1. The van der Waals surface area contributed by atoms with Crippen molar-refractivity contribution >= 4 is 5.91 Å². The zero-order valence-electron chi connectivity index (χ0n) is 14.3. The monoisotopic (exact) mass is 322 g/mol. The summed E-state index contributed by atoms with van der Waals surface area (Å²) in [4.78, 5) is 12.7. The van der Waals surface area contributed by atoms with Crippen LogP contribution < -0.4 is 10.6 Å². The van der Waals surface area contributed by atoms with Gasteiger partial charge in [0, 0.05) is 17.6 Å². The molecular weight excluding hydrogens is 296 g/mol. The predicted molar refractivity (Wildman–Crippen MR) is 98.2 cm³/mol. The van der Waals surface area contributed by atoms with E-state index >= 15 is 0 Å². The van der Waals surface area contributed by atoms with Gasteiger partial charge in [-0.3, -0.25) is 4.79 Å². The van der Waals surface area contributed by atoms with Gasteiger partial charge in [0.05, 0.1) is 0 Å². The van der Waals surface area contributed by atoms with Crippen molar-refractivity contribution in [2.75, 3.05) is 6.54 Å². The molecule has 1 amide bonds. The first-order chi connectivity index (χ1) is 11.7. The van der Waals surface area contributed by atoms with Gasteiger partial charge in [-0.2, -0.15) is 0 Å². The molecule has 3 rings (SSSR count). The third-order valence-corrected chi connectivity index (χ3v) is 4.75. The number of piperidine rings is 1. The maximum atomic E-state index is 12.7. The molecule has 3 heteroatoms. The number of carbonyl (C=O) groups excluding carboxylic acids is 1. The van der Waals surface area contributed by atoms with Crippen LogP contribution in [-0.2, 0) is 12.8 Å². The lowest BCUT2D eigenvalue weighted by Gasteiger charge is -2.28. The first-order valence-electron chi connectivity index (χ1n) is 8.88. The van der Waals surface area contributed by atoms with Crippen molar-refractivity contribution in [2.45, 2.75) is 44.7 Å². The van der Waals surface area contributed by atoms with E-state index in [2.05, 4.69) is 47.9 Å². The summed E-state index contributed by atoms with van der Waals surface area (Å²) in [6, 6.07) is 19.2. The molecule has 2 aromatic carbocycles. The number of aryl methyl sites for hydroxylation is 2. The van der Waals surface area contributed by atoms with Gasteiger partial charge in [-0.15, -0.1) is 0 Å². The van der Waals surface area contributed by atoms with Crippen LogP contribution in [0.1, 0.15) is 41.3 Å². The van der Waals surface area contributed by atoms with Crippen molar-refractivity contribution in [2.24, 2.45) is 0 Å². The van der Waals surface area contributed by atoms with Crippen LogP contribution in [0.25, 0.3) is 0 Å². The van der Waals surface area contributed by atoms with Crippen molar-refractivity contribution in [1.29, 1.82) is 0 Å². The van der Waals surface area contributed by atoms with Gasteiger partial charge >= 0.3 is 0 Å². The van der Waals surface area contributed by atoms with E-state index in [0.717, 1.165) is 43.4 Å². The van der Waals surface area contributed by atoms with Gasteiger partial charge in [0.1, 0.15) is 0 Å². The molecule has 126 valence electrons. The Bertz CT molecular complexity index is 669. The summed E-state index contributed by atoms with van der Waals surface area (Å²) in [5, 5.41) is 6.65. The first kappa shape index (κ1) is 16.7. The Morgan fingerprint density at radius 2 is 1.83 bits per heavy atom. The van der Waals surface area contributed by atoms with Crippen molar-refractivity contribution in [3.63, 3.8) is 0 Å². The number of benzene rings is 2. The van der Waals surface area contributed by atoms with Crippen molar-refractivity contribution in [3.05, 3.63) is 71.3 Å². The van der Waals surface area contributed by atoms with E-state index in [1.54, 1.807) is 0 Å². The Kier molecular flexibility index (Phi) is 5.65. The zero-order valence-corrected chi connectivity index (χ0v) is 14.3. The Hall–Kier alpha value is -2.13. The summed E-state index contributed by atoms with van der Waals surface area (Å²) in [6.07, 6.45) is 3.84. The number of nitrogens with one attached hydrogen (secondary N) is 2. The van der Waals surface area contributed by atoms with Crippen molar-refractivity contribution in [3.8, 4) is 0 Å². The molecule has 0 aliphatic carbocycles. The summed E-state index contributed by atoms with van der Waals surface area (Å²) in [5.41, 5.74) is 3.25. The summed E-state index contributed by atoms with van der Waals surface area (Å²) < 4.78 is 0. The van der Waals surface area contributed by atoms with Gasteiger partial charge in [-0.05, 0) is 56.3 Å². The van der Waals surface area contributed by atoms with Gasteiger partial charge in [-0.25, -0.2) is 0 Å². The molecule has 2 atom stereocenters. The van der Waals surface area contributed by atoms with Gasteiger partial charge in [0.2, 0.25) is 0 Å². The topological polar surface area (TPSA) is 41.1 Å². The molecule has 1 aliphatic heterocycles. The van der Waals surface area contributed by atoms with Crippen LogP contribution in [0.4, 0.5) is 0 Å². The molecule has 2 aromatic rings. The van der Waals surface area contributed by atoms with E-state index in [1.165, 1.54) is 5.56 Å². The fourth-order valence-electron chi connectivity index (χ4n) is 3.41. The Morgan fingerprint density at radius 3 is 2.62 bits per heavy atom. The third-order valence-electron chi connectivity index (χ3n) is 4.75. The molecule has 0 bridgehead atoms. The summed E-state index contributed by atoms with van der Waals surface area (Å²) in [6.45, 7) is 3.15. The highest BCUT2D eigenvalue weighted by atomic mass is 16.1. The second-order valence-electron chi connectivity index (χ2n) is 6.69. The summed E-state index contributed by atoms with van der Waals surface area (Å²) >= 11 is 0. The standard InChI is InChI=1S/C21H26N2O/c1-16-15-19(13-14-22-16)23-21(24)20-10-6-5-9-18(20)12-11-17-7-3-2-4-8-17/h2-10,16,19,22H,11-15H2,1H3,(H,23,24). The third kappa shape index (κ3) is 4.45. The molecule has 0 saturated carbocycles. The predicted octanol–water partition coefficient (Wildman–Crippen LogP) is 3.34. The normalized spacial score (nSPS) is 20.5. The number of hydrogen-bond acceptors (Lipinski definition) is 2. The van der Waals surface area contributed by atoms with E-state index in [4.69, 9.17) is 0 Å². The van der Waals surface area contributed by atoms with Gasteiger partial charge in [-0.1, -0.05) is 48.5 Å². The Morgan fingerprint density at radius 1 is 1.08 bits per heavy atom. The minimum atomic E-state index is 0.0674. The van der Waals surface area contributed by atoms with Gasteiger partial charge in [0.15, 0.2) is 0 Å². The largest absolute Gasteiger partial charge is 0.349 e. The number of amides is 1. The minimum absolute atomic E-state index is 0.0674. The fraction of sp³-hybridized carbons (Fsp3) is 0.381. The number of hydrogen-bond donors (Lipinski definition) is 2. The molecule has 2 unspecified atom stereocenters. The maximum Gasteiger partial charge on any atom is 0.251 e. The molecule has 1 heterocycles. The van der Waals surface area contributed by atoms with Crippen molar-refractivity contribution in [1.82, 2.24) is 10.6 Å². The molecule has 1 saturated heterocycles. The van der Waals surface area contributed by atoms with Gasteiger partial charge in [0.25, 0.3) is 5.91 Å². The van der Waals surface area contributed by atoms with Crippen LogP contribution in [-0.4, -0.2) is 24.5 Å². The lowest BCUT2D eigenvalue weighted by Crippen LogP contribution is -2.46. The van der Waals surface area contributed by atoms with E-state index < -0.39 is 0 Å². The van der Waals surface area contributed by atoms with Crippen LogP contribution in [0.5, 0.6) is 0 Å². The minimum Gasteiger partial charge on any atom is -0.349 e. The Labute approximate surface area is 144 Å². The number of rotatable bonds is 5. The van der Waals surface area contributed by atoms with E-state index in [-0.39, 0.29) is 11.9 Å². The van der Waals surface area contributed by atoms with Crippen molar-refractivity contribution < 1.29 is 4.79 Å². The molecular formula is C21H26N2O. The molecule has 1 aliphatic rings. The van der Waals surface area contributed by atoms with Crippen LogP contribution in [0, 0.1) is 0 Å².